The molecule has 0 amide bonds. The quantitative estimate of drug-likeness (QED) is 0.653. The summed E-state index contributed by atoms with van der Waals surface area (Å²) in [5.74, 6) is -0.0463. The van der Waals surface area contributed by atoms with Gasteiger partial charge in [-0.3, -0.25) is 4.79 Å². The number of halogens is 1. The summed E-state index contributed by atoms with van der Waals surface area (Å²) in [7, 11) is 0. The average Bonchev–Trinajstić information content (AvgIpc) is 3.05. The molecule has 1 aromatic heterocycles. The Morgan fingerprint density at radius 3 is 2.46 bits per heavy atom. The van der Waals surface area contributed by atoms with E-state index >= 15 is 0 Å². The lowest BCUT2D eigenvalue weighted by Gasteiger charge is -2.02. The Morgan fingerprint density at radius 1 is 1.08 bits per heavy atom. The molecule has 0 aliphatic carbocycles. The van der Waals surface area contributed by atoms with Crippen molar-refractivity contribution in [2.45, 2.75) is 26.3 Å². The van der Waals surface area contributed by atoms with Crippen LogP contribution in [0.5, 0.6) is 0 Å². The van der Waals surface area contributed by atoms with E-state index in [0.29, 0.717) is 17.0 Å². The summed E-state index contributed by atoms with van der Waals surface area (Å²) in [5, 5.41) is 12.0. The third kappa shape index (κ3) is 3.71. The normalized spacial score (nSPS) is 10.8. The number of hydrogen-bond donors (Lipinski definition) is 0. The van der Waals surface area contributed by atoms with Crippen molar-refractivity contribution in [3.05, 3.63) is 65.5 Å². The van der Waals surface area contributed by atoms with Gasteiger partial charge in [-0.2, -0.15) is 4.80 Å². The van der Waals surface area contributed by atoms with Crippen LogP contribution >= 0.6 is 0 Å². The summed E-state index contributed by atoms with van der Waals surface area (Å²) in [6, 6.07) is 13.4. The minimum absolute atomic E-state index is 0.0152. The van der Waals surface area contributed by atoms with Gasteiger partial charge in [-0.1, -0.05) is 37.6 Å². The van der Waals surface area contributed by atoms with Crippen molar-refractivity contribution in [2.24, 2.45) is 0 Å². The maximum atomic E-state index is 12.9. The van der Waals surface area contributed by atoms with Crippen molar-refractivity contribution < 1.29 is 9.18 Å². The van der Waals surface area contributed by atoms with Crippen molar-refractivity contribution in [3.63, 3.8) is 0 Å². The molecule has 0 fully saturated rings. The Balaban J connectivity index is 1.69. The molecule has 2 aromatic carbocycles. The molecule has 0 spiro atoms. The van der Waals surface area contributed by atoms with Crippen LogP contribution in [-0.2, 0) is 13.0 Å². The van der Waals surface area contributed by atoms with Crippen molar-refractivity contribution in [1.29, 1.82) is 0 Å². The molecular formula is C18H17FN4O. The van der Waals surface area contributed by atoms with Gasteiger partial charge >= 0.3 is 0 Å². The second-order valence-corrected chi connectivity index (χ2v) is 5.52. The predicted octanol–water partition coefficient (Wildman–Crippen LogP) is 3.31. The van der Waals surface area contributed by atoms with Crippen LogP contribution in [0, 0.1) is 5.82 Å². The maximum Gasteiger partial charge on any atom is 0.204 e. The average molecular weight is 324 g/mol. The van der Waals surface area contributed by atoms with Crippen molar-refractivity contribution >= 4 is 5.78 Å². The van der Waals surface area contributed by atoms with E-state index in [4.69, 9.17) is 0 Å². The van der Waals surface area contributed by atoms with E-state index in [-0.39, 0.29) is 18.1 Å². The number of carbonyl (C=O) groups is 1. The highest BCUT2D eigenvalue weighted by molar-refractivity contribution is 5.95. The smallest absolute Gasteiger partial charge is 0.204 e. The number of carbonyl (C=O) groups excluding carboxylic acids is 1. The van der Waals surface area contributed by atoms with Gasteiger partial charge in [-0.25, -0.2) is 4.39 Å². The summed E-state index contributed by atoms with van der Waals surface area (Å²) < 4.78 is 12.9. The summed E-state index contributed by atoms with van der Waals surface area (Å²) in [6.45, 7) is 2.13. The molecule has 1 heterocycles. The second-order valence-electron chi connectivity index (χ2n) is 5.52. The highest BCUT2D eigenvalue weighted by Crippen LogP contribution is 2.14. The number of nitrogens with zero attached hydrogens (tertiary/aromatic N) is 4. The first-order valence-corrected chi connectivity index (χ1v) is 7.81. The number of tetrazole rings is 1. The van der Waals surface area contributed by atoms with Gasteiger partial charge in [0.05, 0.1) is 0 Å². The summed E-state index contributed by atoms with van der Waals surface area (Å²) in [5.41, 5.74) is 2.49. The number of hydrogen-bond acceptors (Lipinski definition) is 4. The van der Waals surface area contributed by atoms with Gasteiger partial charge in [0.25, 0.3) is 0 Å². The highest BCUT2D eigenvalue weighted by atomic mass is 19.1. The SMILES string of the molecule is CCCc1ccc(C(=O)Cn2nnc(-c3ccc(F)cc3)n2)cc1. The molecule has 0 radical (unpaired) electrons. The van der Waals surface area contributed by atoms with Crippen LogP contribution in [-0.4, -0.2) is 26.0 Å². The van der Waals surface area contributed by atoms with Crippen LogP contribution in [0.4, 0.5) is 4.39 Å². The van der Waals surface area contributed by atoms with Gasteiger partial charge in [0.2, 0.25) is 5.82 Å². The zero-order chi connectivity index (χ0) is 16.9. The molecule has 3 aromatic rings. The zero-order valence-corrected chi connectivity index (χ0v) is 13.3. The van der Waals surface area contributed by atoms with Crippen molar-refractivity contribution in [2.75, 3.05) is 0 Å². The fourth-order valence-electron chi connectivity index (χ4n) is 2.39. The molecule has 0 atom stereocenters. The fourth-order valence-corrected chi connectivity index (χ4v) is 2.39. The van der Waals surface area contributed by atoms with E-state index in [1.165, 1.54) is 22.5 Å². The van der Waals surface area contributed by atoms with Gasteiger partial charge in [-0.15, -0.1) is 10.2 Å². The Kier molecular flexibility index (Phi) is 4.74. The Morgan fingerprint density at radius 2 is 1.79 bits per heavy atom. The molecule has 0 saturated heterocycles. The van der Waals surface area contributed by atoms with Gasteiger partial charge < -0.3 is 0 Å². The minimum atomic E-state index is -0.326. The first kappa shape index (κ1) is 16.0. The topological polar surface area (TPSA) is 60.7 Å². The van der Waals surface area contributed by atoms with Crippen LogP contribution in [0.25, 0.3) is 11.4 Å². The molecular weight excluding hydrogens is 307 g/mol. The van der Waals surface area contributed by atoms with E-state index in [1.807, 2.05) is 24.3 Å². The van der Waals surface area contributed by atoms with Crippen LogP contribution in [0.3, 0.4) is 0 Å². The van der Waals surface area contributed by atoms with Crippen LogP contribution in [0.1, 0.15) is 29.3 Å². The number of rotatable bonds is 6. The highest BCUT2D eigenvalue weighted by Gasteiger charge is 2.11. The van der Waals surface area contributed by atoms with Gasteiger partial charge in [0, 0.05) is 11.1 Å². The third-order valence-corrected chi connectivity index (χ3v) is 3.65. The lowest BCUT2D eigenvalue weighted by molar-refractivity contribution is 0.0961. The molecule has 122 valence electrons. The first-order valence-electron chi connectivity index (χ1n) is 7.81. The second kappa shape index (κ2) is 7.12. The van der Waals surface area contributed by atoms with Crippen LogP contribution in [0.15, 0.2) is 48.5 Å². The van der Waals surface area contributed by atoms with Crippen molar-refractivity contribution in [1.82, 2.24) is 20.2 Å². The van der Waals surface area contributed by atoms with E-state index < -0.39 is 0 Å². The predicted molar refractivity (Wildman–Crippen MR) is 88.0 cm³/mol. The lowest BCUT2D eigenvalue weighted by Crippen LogP contribution is -2.13. The summed E-state index contributed by atoms with van der Waals surface area (Å²) in [4.78, 5) is 13.5. The zero-order valence-electron chi connectivity index (χ0n) is 13.3. The number of ketones is 1. The molecule has 24 heavy (non-hydrogen) atoms. The molecule has 3 rings (SSSR count). The molecule has 0 unspecified atom stereocenters. The fraction of sp³-hybridized carbons (Fsp3) is 0.222. The van der Waals surface area contributed by atoms with E-state index in [1.54, 1.807) is 12.1 Å². The van der Waals surface area contributed by atoms with E-state index in [9.17, 15) is 9.18 Å². The number of Topliss-reactive ketones (excluding diaryl/α,β-unsaturated/α-hetero) is 1. The number of aryl methyl sites for hydroxylation is 1. The lowest BCUT2D eigenvalue weighted by atomic mass is 10.1. The first-order chi connectivity index (χ1) is 11.7. The van der Waals surface area contributed by atoms with Gasteiger partial charge in [0.15, 0.2) is 5.78 Å². The van der Waals surface area contributed by atoms with Crippen LogP contribution in [0.2, 0.25) is 0 Å². The number of aromatic nitrogens is 4. The third-order valence-electron chi connectivity index (χ3n) is 3.65. The molecule has 0 N–H and O–H groups in total. The summed E-state index contributed by atoms with van der Waals surface area (Å²) in [6.07, 6.45) is 2.07. The Labute approximate surface area is 139 Å². The standard InChI is InChI=1S/C18H17FN4O/c1-2-3-13-4-6-14(7-5-13)17(24)12-23-21-18(20-22-23)15-8-10-16(19)11-9-15/h4-11H,2-3,12H2,1H3. The van der Waals surface area contributed by atoms with Crippen molar-refractivity contribution in [3.8, 4) is 11.4 Å². The van der Waals surface area contributed by atoms with Gasteiger partial charge in [0.1, 0.15) is 12.4 Å². The molecule has 0 bridgehead atoms. The van der Waals surface area contributed by atoms with E-state index in [2.05, 4.69) is 22.3 Å². The maximum absolute atomic E-state index is 12.9. The number of benzene rings is 2. The molecule has 5 nitrogen and oxygen atoms in total. The molecule has 6 heteroatoms. The Bertz CT molecular complexity index is 825. The molecule has 0 aliphatic rings. The Hall–Kier alpha value is -2.89. The van der Waals surface area contributed by atoms with E-state index in [0.717, 1.165) is 12.8 Å². The van der Waals surface area contributed by atoms with Gasteiger partial charge in [-0.05, 0) is 41.5 Å². The monoisotopic (exact) mass is 324 g/mol. The van der Waals surface area contributed by atoms with Crippen LogP contribution < -0.4 is 0 Å². The summed E-state index contributed by atoms with van der Waals surface area (Å²) >= 11 is 0. The largest absolute Gasteiger partial charge is 0.292 e. The molecule has 0 saturated carbocycles. The minimum Gasteiger partial charge on any atom is -0.292 e. The molecule has 0 aliphatic heterocycles.